The average Bonchev–Trinajstić information content (AvgIpc) is 2.17. The van der Waals surface area contributed by atoms with Gasteiger partial charge in [-0.1, -0.05) is 6.92 Å². The van der Waals surface area contributed by atoms with Gasteiger partial charge in [0.25, 0.3) is 0 Å². The molecular formula is C7H14O4. The van der Waals surface area contributed by atoms with Crippen molar-refractivity contribution in [3.63, 3.8) is 0 Å². The van der Waals surface area contributed by atoms with Crippen molar-refractivity contribution in [1.82, 2.24) is 0 Å². The molecular weight excluding hydrogens is 148 g/mol. The van der Waals surface area contributed by atoms with E-state index in [2.05, 4.69) is 0 Å². The molecule has 4 heteroatoms. The highest BCUT2D eigenvalue weighted by molar-refractivity contribution is 4.95. The summed E-state index contributed by atoms with van der Waals surface area (Å²) in [4.78, 5) is 0. The minimum Gasteiger partial charge on any atom is -0.387 e. The van der Waals surface area contributed by atoms with Crippen molar-refractivity contribution >= 4 is 0 Å². The third kappa shape index (κ3) is 1.27. The Morgan fingerprint density at radius 2 is 1.91 bits per heavy atom. The van der Waals surface area contributed by atoms with Crippen LogP contribution in [-0.4, -0.2) is 39.4 Å². The van der Waals surface area contributed by atoms with Gasteiger partial charge in [0.2, 0.25) is 0 Å². The van der Waals surface area contributed by atoms with Crippen LogP contribution in [0.3, 0.4) is 0 Å². The SMILES string of the molecule is CC[C@@]1(C)OC(O)[C@H](O)[C@@H]1O. The van der Waals surface area contributed by atoms with Gasteiger partial charge >= 0.3 is 0 Å². The maximum absolute atomic E-state index is 9.35. The van der Waals surface area contributed by atoms with Crippen LogP contribution in [-0.2, 0) is 4.74 Å². The molecule has 11 heavy (non-hydrogen) atoms. The number of aliphatic hydroxyl groups excluding tert-OH is 3. The summed E-state index contributed by atoms with van der Waals surface area (Å²) in [6, 6.07) is 0. The van der Waals surface area contributed by atoms with Gasteiger partial charge in [0.1, 0.15) is 12.2 Å². The first-order valence-electron chi connectivity index (χ1n) is 3.73. The van der Waals surface area contributed by atoms with E-state index in [0.717, 1.165) is 0 Å². The molecule has 0 aliphatic carbocycles. The van der Waals surface area contributed by atoms with Gasteiger partial charge in [0.05, 0.1) is 5.60 Å². The second-order valence-electron chi connectivity index (χ2n) is 3.11. The summed E-state index contributed by atoms with van der Waals surface area (Å²) in [5.74, 6) is 0. The van der Waals surface area contributed by atoms with Crippen LogP contribution in [0, 0.1) is 0 Å². The zero-order valence-electron chi connectivity index (χ0n) is 6.69. The highest BCUT2D eigenvalue weighted by Gasteiger charge is 2.49. The van der Waals surface area contributed by atoms with Gasteiger partial charge in [0.15, 0.2) is 6.29 Å². The molecule has 1 heterocycles. The maximum Gasteiger partial charge on any atom is 0.184 e. The topological polar surface area (TPSA) is 69.9 Å². The van der Waals surface area contributed by atoms with E-state index >= 15 is 0 Å². The number of ether oxygens (including phenoxy) is 1. The van der Waals surface area contributed by atoms with Crippen molar-refractivity contribution in [2.75, 3.05) is 0 Å². The zero-order chi connectivity index (χ0) is 8.65. The summed E-state index contributed by atoms with van der Waals surface area (Å²) in [5, 5.41) is 27.5. The first kappa shape index (κ1) is 8.93. The largest absolute Gasteiger partial charge is 0.387 e. The van der Waals surface area contributed by atoms with Gasteiger partial charge in [-0.25, -0.2) is 0 Å². The Hall–Kier alpha value is -0.160. The Balaban J connectivity index is 2.73. The van der Waals surface area contributed by atoms with Crippen LogP contribution in [0.25, 0.3) is 0 Å². The highest BCUT2D eigenvalue weighted by Crippen LogP contribution is 2.32. The maximum atomic E-state index is 9.35. The minimum atomic E-state index is -1.25. The van der Waals surface area contributed by atoms with E-state index in [-0.39, 0.29) is 0 Å². The second-order valence-corrected chi connectivity index (χ2v) is 3.11. The summed E-state index contributed by atoms with van der Waals surface area (Å²) in [7, 11) is 0. The first-order valence-corrected chi connectivity index (χ1v) is 3.73. The Morgan fingerprint density at radius 3 is 2.09 bits per heavy atom. The van der Waals surface area contributed by atoms with E-state index in [1.807, 2.05) is 6.92 Å². The molecule has 3 N–H and O–H groups in total. The third-order valence-electron chi connectivity index (χ3n) is 2.33. The van der Waals surface area contributed by atoms with Crippen LogP contribution in [0.5, 0.6) is 0 Å². The van der Waals surface area contributed by atoms with E-state index < -0.39 is 24.1 Å². The van der Waals surface area contributed by atoms with Crippen molar-refractivity contribution in [3.8, 4) is 0 Å². The second kappa shape index (κ2) is 2.71. The summed E-state index contributed by atoms with van der Waals surface area (Å²) in [6.07, 6.45) is -2.88. The van der Waals surface area contributed by atoms with Gasteiger partial charge in [0, 0.05) is 0 Å². The number of aliphatic hydroxyl groups is 3. The quantitative estimate of drug-likeness (QED) is 0.473. The van der Waals surface area contributed by atoms with Gasteiger partial charge < -0.3 is 20.1 Å². The number of hydrogen-bond donors (Lipinski definition) is 3. The van der Waals surface area contributed by atoms with Gasteiger partial charge in [-0.3, -0.25) is 0 Å². The molecule has 66 valence electrons. The Bertz CT molecular complexity index is 149. The predicted octanol–water partition coefficient (Wildman–Crippen LogP) is -0.774. The van der Waals surface area contributed by atoms with E-state index in [0.29, 0.717) is 6.42 Å². The van der Waals surface area contributed by atoms with Crippen molar-refractivity contribution in [3.05, 3.63) is 0 Å². The molecule has 0 spiro atoms. The third-order valence-corrected chi connectivity index (χ3v) is 2.33. The standard InChI is InChI=1S/C7H14O4/c1-3-7(2)5(9)4(8)6(10)11-7/h4-6,8-10H,3H2,1-2H3/t4-,5+,6?,7-/m1/s1. The molecule has 1 aliphatic heterocycles. The summed E-state index contributed by atoms with van der Waals surface area (Å²) in [5.41, 5.74) is -0.807. The normalized spacial score (nSPS) is 51.5. The van der Waals surface area contributed by atoms with Gasteiger partial charge in [-0.2, -0.15) is 0 Å². The zero-order valence-corrected chi connectivity index (χ0v) is 6.69. The summed E-state index contributed by atoms with van der Waals surface area (Å²) >= 11 is 0. The molecule has 4 atom stereocenters. The fourth-order valence-corrected chi connectivity index (χ4v) is 1.22. The molecule has 1 rings (SSSR count). The lowest BCUT2D eigenvalue weighted by atomic mass is 9.95. The minimum absolute atomic E-state index is 0.558. The summed E-state index contributed by atoms with van der Waals surface area (Å²) < 4.78 is 4.98. The van der Waals surface area contributed by atoms with Crippen LogP contribution in [0.15, 0.2) is 0 Å². The molecule has 0 amide bonds. The van der Waals surface area contributed by atoms with Crippen LogP contribution < -0.4 is 0 Å². The van der Waals surface area contributed by atoms with E-state index in [4.69, 9.17) is 14.9 Å². The molecule has 0 bridgehead atoms. The van der Waals surface area contributed by atoms with Gasteiger partial charge in [-0.05, 0) is 13.3 Å². The lowest BCUT2D eigenvalue weighted by Crippen LogP contribution is -2.39. The fraction of sp³-hybridized carbons (Fsp3) is 1.00. The molecule has 4 nitrogen and oxygen atoms in total. The molecule has 1 saturated heterocycles. The van der Waals surface area contributed by atoms with Crippen molar-refractivity contribution in [1.29, 1.82) is 0 Å². The molecule has 1 fully saturated rings. The smallest absolute Gasteiger partial charge is 0.184 e. The van der Waals surface area contributed by atoms with Crippen LogP contribution >= 0.6 is 0 Å². The Morgan fingerprint density at radius 1 is 1.36 bits per heavy atom. The lowest BCUT2D eigenvalue weighted by Gasteiger charge is -2.24. The molecule has 0 aromatic carbocycles. The van der Waals surface area contributed by atoms with Crippen molar-refractivity contribution < 1.29 is 20.1 Å². The number of hydrogen-bond acceptors (Lipinski definition) is 4. The van der Waals surface area contributed by atoms with Gasteiger partial charge in [-0.15, -0.1) is 0 Å². The molecule has 0 saturated carbocycles. The van der Waals surface area contributed by atoms with Crippen molar-refractivity contribution in [2.24, 2.45) is 0 Å². The Labute approximate surface area is 65.4 Å². The van der Waals surface area contributed by atoms with Crippen LogP contribution in [0.2, 0.25) is 0 Å². The molecule has 0 aromatic heterocycles. The highest BCUT2D eigenvalue weighted by atomic mass is 16.7. The molecule has 0 radical (unpaired) electrons. The Kier molecular flexibility index (Phi) is 2.20. The first-order chi connectivity index (χ1) is 5.01. The molecule has 0 aromatic rings. The predicted molar refractivity (Wildman–Crippen MR) is 37.8 cm³/mol. The van der Waals surface area contributed by atoms with E-state index in [1.165, 1.54) is 0 Å². The van der Waals surface area contributed by atoms with Crippen molar-refractivity contribution in [2.45, 2.75) is 44.4 Å². The average molecular weight is 162 g/mol. The summed E-state index contributed by atoms with van der Waals surface area (Å²) in [6.45, 7) is 3.49. The molecule has 1 aliphatic rings. The fourth-order valence-electron chi connectivity index (χ4n) is 1.22. The van der Waals surface area contributed by atoms with E-state index in [9.17, 15) is 5.11 Å². The van der Waals surface area contributed by atoms with Crippen LogP contribution in [0.4, 0.5) is 0 Å². The lowest BCUT2D eigenvalue weighted by molar-refractivity contribution is -0.156. The van der Waals surface area contributed by atoms with E-state index in [1.54, 1.807) is 6.92 Å². The van der Waals surface area contributed by atoms with Crippen LogP contribution in [0.1, 0.15) is 20.3 Å². The molecule has 1 unspecified atom stereocenters. The number of rotatable bonds is 1. The monoisotopic (exact) mass is 162 g/mol.